The number of nitrogens with two attached hydrogens (primary N) is 1. The number of carbonyl (C=O) groups is 1. The van der Waals surface area contributed by atoms with Crippen LogP contribution in [0.4, 0.5) is 8.78 Å². The van der Waals surface area contributed by atoms with Crippen LogP contribution in [0.5, 0.6) is 5.75 Å². The minimum absolute atomic E-state index is 0.0695. The van der Waals surface area contributed by atoms with Crippen LogP contribution >= 0.6 is 15.9 Å². The van der Waals surface area contributed by atoms with Gasteiger partial charge in [-0.1, -0.05) is 15.9 Å². The minimum atomic E-state index is -2.96. The van der Waals surface area contributed by atoms with Crippen molar-refractivity contribution < 1.29 is 23.4 Å². The van der Waals surface area contributed by atoms with E-state index in [1.165, 1.54) is 18.2 Å². The van der Waals surface area contributed by atoms with E-state index < -0.39 is 18.6 Å². The summed E-state index contributed by atoms with van der Waals surface area (Å²) in [6.07, 6.45) is -0.0865. The van der Waals surface area contributed by atoms with Crippen LogP contribution < -0.4 is 10.5 Å². The highest BCUT2D eigenvalue weighted by Crippen LogP contribution is 2.25. The van der Waals surface area contributed by atoms with Gasteiger partial charge in [0.2, 0.25) is 0 Å². The predicted octanol–water partition coefficient (Wildman–Crippen LogP) is 2.00. The highest BCUT2D eigenvalue weighted by Gasteiger charge is 2.17. The van der Waals surface area contributed by atoms with Gasteiger partial charge in [-0.05, 0) is 23.8 Å². The summed E-state index contributed by atoms with van der Waals surface area (Å²) >= 11 is 3.16. The van der Waals surface area contributed by atoms with Gasteiger partial charge in [0.25, 0.3) is 0 Å². The average Bonchev–Trinajstić information content (AvgIpc) is 2.21. The molecular weight excluding hydrogens is 300 g/mol. The summed E-state index contributed by atoms with van der Waals surface area (Å²) in [6, 6.07) is 3.19. The van der Waals surface area contributed by atoms with Gasteiger partial charge in [0, 0.05) is 10.9 Å². The highest BCUT2D eigenvalue weighted by atomic mass is 79.9. The van der Waals surface area contributed by atoms with E-state index in [2.05, 4.69) is 20.7 Å². The third-order valence-corrected chi connectivity index (χ3v) is 2.49. The average molecular weight is 310 g/mol. The summed E-state index contributed by atoms with van der Waals surface area (Å²) < 4.78 is 29.1. The van der Waals surface area contributed by atoms with Crippen molar-refractivity contribution in [2.45, 2.75) is 19.1 Å². The monoisotopic (exact) mass is 309 g/mol. The molecule has 4 nitrogen and oxygen atoms in total. The van der Waals surface area contributed by atoms with Gasteiger partial charge >= 0.3 is 12.6 Å². The van der Waals surface area contributed by atoms with Crippen molar-refractivity contribution in [3.05, 3.63) is 28.2 Å². The summed E-state index contributed by atoms with van der Waals surface area (Å²) in [5.74, 6) is -1.27. The van der Waals surface area contributed by atoms with E-state index in [0.29, 0.717) is 10.0 Å². The number of carboxylic acids is 1. The zero-order chi connectivity index (χ0) is 13.0. The molecule has 0 radical (unpaired) electrons. The first-order chi connectivity index (χ1) is 7.90. The lowest BCUT2D eigenvalue weighted by Gasteiger charge is -2.13. The van der Waals surface area contributed by atoms with Gasteiger partial charge < -0.3 is 15.6 Å². The first kappa shape index (κ1) is 13.9. The third kappa shape index (κ3) is 4.27. The molecule has 0 saturated carbocycles. The highest BCUT2D eigenvalue weighted by molar-refractivity contribution is 9.10. The molecule has 0 aliphatic carbocycles. The van der Waals surface area contributed by atoms with Crippen molar-refractivity contribution in [1.29, 1.82) is 0 Å². The lowest BCUT2D eigenvalue weighted by atomic mass is 10.1. The normalized spacial score (nSPS) is 12.5. The summed E-state index contributed by atoms with van der Waals surface area (Å²) in [4.78, 5) is 10.6. The molecule has 0 heterocycles. The topological polar surface area (TPSA) is 72.5 Å². The molecule has 1 aromatic carbocycles. The standard InChI is InChI=1S/C10H10BrF2NO3/c11-6-1-2-8(17-10(12)13)5(3-6)4-7(14)9(15)16/h1-3,7,10H,4,14H2,(H,15,16). The Morgan fingerprint density at radius 2 is 2.18 bits per heavy atom. The van der Waals surface area contributed by atoms with Crippen molar-refractivity contribution in [3.8, 4) is 5.75 Å². The molecular formula is C10H10BrF2NO3. The van der Waals surface area contributed by atoms with Gasteiger partial charge in [0.15, 0.2) is 0 Å². The van der Waals surface area contributed by atoms with E-state index in [4.69, 9.17) is 10.8 Å². The molecule has 0 aliphatic rings. The fourth-order valence-corrected chi connectivity index (χ4v) is 1.65. The van der Waals surface area contributed by atoms with E-state index in [1.807, 2.05) is 0 Å². The van der Waals surface area contributed by atoms with Crippen LogP contribution in [0.25, 0.3) is 0 Å². The zero-order valence-electron chi connectivity index (χ0n) is 8.57. The predicted molar refractivity (Wildman–Crippen MR) is 60.1 cm³/mol. The van der Waals surface area contributed by atoms with Crippen LogP contribution in [-0.2, 0) is 11.2 Å². The van der Waals surface area contributed by atoms with Crippen molar-refractivity contribution in [2.75, 3.05) is 0 Å². The minimum Gasteiger partial charge on any atom is -0.480 e. The van der Waals surface area contributed by atoms with Crippen molar-refractivity contribution in [1.82, 2.24) is 0 Å². The maximum absolute atomic E-state index is 12.1. The first-order valence-electron chi connectivity index (χ1n) is 4.61. The molecule has 1 atom stereocenters. The van der Waals surface area contributed by atoms with Crippen LogP contribution in [0, 0.1) is 0 Å². The Labute approximate surface area is 104 Å². The smallest absolute Gasteiger partial charge is 0.387 e. The van der Waals surface area contributed by atoms with Crippen LogP contribution in [0.1, 0.15) is 5.56 Å². The van der Waals surface area contributed by atoms with Crippen molar-refractivity contribution in [3.63, 3.8) is 0 Å². The van der Waals surface area contributed by atoms with E-state index in [-0.39, 0.29) is 12.2 Å². The number of alkyl halides is 2. The second-order valence-corrected chi connectivity index (χ2v) is 4.20. The molecule has 17 heavy (non-hydrogen) atoms. The van der Waals surface area contributed by atoms with Gasteiger partial charge in [0.1, 0.15) is 11.8 Å². The maximum Gasteiger partial charge on any atom is 0.387 e. The number of ether oxygens (including phenoxy) is 1. The molecule has 0 amide bonds. The lowest BCUT2D eigenvalue weighted by Crippen LogP contribution is -2.32. The molecule has 0 saturated heterocycles. The Morgan fingerprint density at radius 1 is 1.53 bits per heavy atom. The summed E-state index contributed by atoms with van der Waals surface area (Å²) in [5.41, 5.74) is 5.65. The van der Waals surface area contributed by atoms with Crippen molar-refractivity contribution in [2.24, 2.45) is 5.73 Å². The molecule has 0 fully saturated rings. The summed E-state index contributed by atoms with van der Waals surface area (Å²) in [6.45, 7) is -2.96. The number of hydrogen-bond acceptors (Lipinski definition) is 3. The van der Waals surface area contributed by atoms with E-state index in [1.54, 1.807) is 0 Å². The maximum atomic E-state index is 12.1. The van der Waals surface area contributed by atoms with Crippen LogP contribution in [0.15, 0.2) is 22.7 Å². The van der Waals surface area contributed by atoms with Gasteiger partial charge in [-0.15, -0.1) is 0 Å². The molecule has 0 aromatic heterocycles. The number of rotatable bonds is 5. The second-order valence-electron chi connectivity index (χ2n) is 3.28. The lowest BCUT2D eigenvalue weighted by molar-refractivity contribution is -0.138. The number of halogens is 3. The Balaban J connectivity index is 2.94. The molecule has 1 rings (SSSR count). The van der Waals surface area contributed by atoms with Gasteiger partial charge in [-0.2, -0.15) is 8.78 Å². The third-order valence-electron chi connectivity index (χ3n) is 2.00. The van der Waals surface area contributed by atoms with E-state index in [0.717, 1.165) is 0 Å². The molecule has 1 unspecified atom stereocenters. The van der Waals surface area contributed by atoms with Gasteiger partial charge in [0.05, 0.1) is 0 Å². The molecule has 0 aliphatic heterocycles. The molecule has 94 valence electrons. The fourth-order valence-electron chi connectivity index (χ4n) is 1.24. The Hall–Kier alpha value is -1.21. The van der Waals surface area contributed by atoms with Gasteiger partial charge in [-0.3, -0.25) is 4.79 Å². The second kappa shape index (κ2) is 5.92. The van der Waals surface area contributed by atoms with Gasteiger partial charge in [-0.25, -0.2) is 0 Å². The zero-order valence-corrected chi connectivity index (χ0v) is 10.2. The summed E-state index contributed by atoms with van der Waals surface area (Å²) in [5, 5.41) is 8.66. The molecule has 1 aromatic rings. The Kier molecular flexibility index (Phi) is 4.83. The van der Waals surface area contributed by atoms with Crippen molar-refractivity contribution >= 4 is 21.9 Å². The molecule has 7 heteroatoms. The molecule has 0 spiro atoms. The van der Waals surface area contributed by atoms with E-state index in [9.17, 15) is 13.6 Å². The van der Waals surface area contributed by atoms with Crippen LogP contribution in [0.3, 0.4) is 0 Å². The number of aliphatic carboxylic acids is 1. The molecule has 0 bridgehead atoms. The largest absolute Gasteiger partial charge is 0.480 e. The van der Waals surface area contributed by atoms with Crippen LogP contribution in [0.2, 0.25) is 0 Å². The van der Waals surface area contributed by atoms with Crippen LogP contribution in [-0.4, -0.2) is 23.7 Å². The summed E-state index contributed by atoms with van der Waals surface area (Å²) in [7, 11) is 0. The quantitative estimate of drug-likeness (QED) is 0.872. The molecule has 3 N–H and O–H groups in total. The first-order valence-corrected chi connectivity index (χ1v) is 5.41. The number of hydrogen-bond donors (Lipinski definition) is 2. The number of carboxylic acid groups (broad SMARTS) is 1. The Morgan fingerprint density at radius 3 is 2.71 bits per heavy atom. The number of benzene rings is 1. The SMILES string of the molecule is NC(Cc1cc(Br)ccc1OC(F)F)C(=O)O. The van der Waals surface area contributed by atoms with E-state index >= 15 is 0 Å². The fraction of sp³-hybridized carbons (Fsp3) is 0.300. The Bertz CT molecular complexity index is 415.